The van der Waals surface area contributed by atoms with Gasteiger partial charge in [0.25, 0.3) is 11.8 Å². The number of nitrogens with one attached hydrogen (secondary N) is 1. The van der Waals surface area contributed by atoms with Crippen molar-refractivity contribution < 1.29 is 19.1 Å². The van der Waals surface area contributed by atoms with Crippen LogP contribution in [0.25, 0.3) is 0 Å². The van der Waals surface area contributed by atoms with Crippen LogP contribution in [0.2, 0.25) is 0 Å². The number of fused-ring (bicyclic) bond motifs is 1. The molecule has 6 nitrogen and oxygen atoms in total. The Morgan fingerprint density at radius 1 is 1.24 bits per heavy atom. The third kappa shape index (κ3) is 1.73. The predicted octanol–water partition coefficient (Wildman–Crippen LogP) is 1.09. The van der Waals surface area contributed by atoms with Crippen LogP contribution in [0, 0.1) is 0 Å². The van der Waals surface area contributed by atoms with E-state index in [1.165, 1.54) is 26.3 Å². The summed E-state index contributed by atoms with van der Waals surface area (Å²) in [4.78, 5) is 35.3. The van der Waals surface area contributed by atoms with Crippen molar-refractivity contribution in [2.24, 2.45) is 0 Å². The van der Waals surface area contributed by atoms with Gasteiger partial charge < -0.3 is 4.74 Å². The zero-order valence-corrected chi connectivity index (χ0v) is 9.31. The minimum absolute atomic E-state index is 0.284. The van der Waals surface area contributed by atoms with Crippen LogP contribution >= 0.6 is 0 Å². The minimum atomic E-state index is -0.630. The molecule has 2 rings (SSSR count). The highest BCUT2D eigenvalue weighted by molar-refractivity contribution is 6.21. The highest BCUT2D eigenvalue weighted by Gasteiger charge is 2.32. The summed E-state index contributed by atoms with van der Waals surface area (Å²) in [5, 5.41) is 2.43. The number of hydrogen-bond donors (Lipinski definition) is 1. The first-order valence-corrected chi connectivity index (χ1v) is 4.86. The van der Waals surface area contributed by atoms with Crippen molar-refractivity contribution in [2.45, 2.75) is 0 Å². The summed E-state index contributed by atoms with van der Waals surface area (Å²) in [5.41, 5.74) is 1.03. The van der Waals surface area contributed by atoms with Crippen LogP contribution in [0.3, 0.4) is 0 Å². The Hall–Kier alpha value is -2.37. The number of methoxy groups -OCH3 is 1. The zero-order valence-electron chi connectivity index (χ0n) is 9.31. The third-order valence-electron chi connectivity index (χ3n) is 2.52. The molecule has 0 aliphatic carbocycles. The number of nitrogens with zero attached hydrogens (tertiary/aromatic N) is 1. The van der Waals surface area contributed by atoms with Gasteiger partial charge in [0.1, 0.15) is 0 Å². The first kappa shape index (κ1) is 11.1. The molecule has 0 radical (unpaired) electrons. The fourth-order valence-corrected chi connectivity index (χ4v) is 1.61. The van der Waals surface area contributed by atoms with Crippen LogP contribution in [0.1, 0.15) is 20.7 Å². The predicted molar refractivity (Wildman–Crippen MR) is 58.9 cm³/mol. The molecule has 0 saturated heterocycles. The van der Waals surface area contributed by atoms with Gasteiger partial charge in [0.15, 0.2) is 0 Å². The Morgan fingerprint density at radius 3 is 2.53 bits per heavy atom. The molecule has 1 aliphatic rings. The number of rotatable bonds is 1. The van der Waals surface area contributed by atoms with Crippen molar-refractivity contribution in [3.8, 4) is 0 Å². The maximum absolute atomic E-state index is 11.7. The largest absolute Gasteiger partial charge is 0.453 e. The Bertz CT molecular complexity index is 524. The summed E-state index contributed by atoms with van der Waals surface area (Å²) in [7, 11) is 2.66. The van der Waals surface area contributed by atoms with Gasteiger partial charge in [-0.2, -0.15) is 0 Å². The Balaban J connectivity index is 2.36. The molecular formula is C11H10N2O4. The number of anilines is 1. The number of carbonyl (C=O) groups is 3. The van der Waals surface area contributed by atoms with Crippen LogP contribution < -0.4 is 5.32 Å². The Labute approximate surface area is 97.2 Å². The second kappa shape index (κ2) is 3.89. The van der Waals surface area contributed by atoms with Gasteiger partial charge in [0.05, 0.1) is 18.2 Å². The maximum Gasteiger partial charge on any atom is 0.411 e. The van der Waals surface area contributed by atoms with Gasteiger partial charge in [-0.05, 0) is 18.2 Å². The van der Waals surface area contributed by atoms with E-state index in [4.69, 9.17) is 0 Å². The molecule has 0 saturated carbocycles. The molecule has 1 aliphatic heterocycles. The summed E-state index contributed by atoms with van der Waals surface area (Å²) < 4.78 is 4.43. The zero-order chi connectivity index (χ0) is 12.6. The molecule has 3 amide bonds. The highest BCUT2D eigenvalue weighted by atomic mass is 16.5. The van der Waals surface area contributed by atoms with Gasteiger partial charge in [0.2, 0.25) is 0 Å². The Kier molecular flexibility index (Phi) is 2.55. The molecule has 1 aromatic rings. The van der Waals surface area contributed by atoms with E-state index in [0.717, 1.165) is 4.90 Å². The van der Waals surface area contributed by atoms with Gasteiger partial charge in [-0.3, -0.25) is 19.8 Å². The van der Waals surface area contributed by atoms with E-state index in [1.54, 1.807) is 6.07 Å². The number of carbonyl (C=O) groups excluding carboxylic acids is 3. The molecule has 0 atom stereocenters. The number of imide groups is 1. The van der Waals surface area contributed by atoms with E-state index in [0.29, 0.717) is 11.3 Å². The molecule has 0 bridgehead atoms. The summed E-state index contributed by atoms with van der Waals surface area (Å²) >= 11 is 0. The lowest BCUT2D eigenvalue weighted by atomic mass is 10.1. The monoisotopic (exact) mass is 234 g/mol. The minimum Gasteiger partial charge on any atom is -0.453 e. The van der Waals surface area contributed by atoms with E-state index in [1.807, 2.05) is 0 Å². The number of amides is 3. The maximum atomic E-state index is 11.7. The van der Waals surface area contributed by atoms with Crippen LogP contribution in [0.15, 0.2) is 18.2 Å². The second-order valence-corrected chi connectivity index (χ2v) is 3.55. The van der Waals surface area contributed by atoms with Crippen molar-refractivity contribution in [3.05, 3.63) is 29.3 Å². The van der Waals surface area contributed by atoms with E-state index in [2.05, 4.69) is 10.1 Å². The van der Waals surface area contributed by atoms with Gasteiger partial charge >= 0.3 is 6.09 Å². The topological polar surface area (TPSA) is 75.7 Å². The molecule has 0 unspecified atom stereocenters. The first-order valence-electron chi connectivity index (χ1n) is 4.86. The molecule has 0 spiro atoms. The molecule has 1 aromatic carbocycles. The Morgan fingerprint density at radius 2 is 1.88 bits per heavy atom. The summed E-state index contributed by atoms with van der Waals surface area (Å²) in [5.74, 6) is -0.715. The van der Waals surface area contributed by atoms with Crippen LogP contribution in [-0.2, 0) is 4.74 Å². The van der Waals surface area contributed by atoms with Crippen molar-refractivity contribution >= 4 is 23.6 Å². The number of hydrogen-bond acceptors (Lipinski definition) is 4. The molecule has 0 aromatic heterocycles. The average molecular weight is 234 g/mol. The van der Waals surface area contributed by atoms with Gasteiger partial charge in [-0.1, -0.05) is 0 Å². The smallest absolute Gasteiger partial charge is 0.411 e. The quantitative estimate of drug-likeness (QED) is 0.738. The standard InChI is InChI=1S/C11H10N2O4/c1-13-9(14)7-4-3-6(12-11(16)17-2)5-8(7)10(13)15/h3-5H,1-2H3,(H,12,16). The molecule has 6 heteroatoms. The molecule has 88 valence electrons. The van der Waals surface area contributed by atoms with Gasteiger partial charge in [0, 0.05) is 12.7 Å². The van der Waals surface area contributed by atoms with E-state index in [9.17, 15) is 14.4 Å². The normalized spacial score (nSPS) is 13.6. The van der Waals surface area contributed by atoms with Crippen LogP contribution in [0.5, 0.6) is 0 Å². The van der Waals surface area contributed by atoms with Crippen molar-refractivity contribution in [1.29, 1.82) is 0 Å². The number of benzene rings is 1. The molecule has 1 N–H and O–H groups in total. The number of ether oxygens (including phenoxy) is 1. The molecule has 17 heavy (non-hydrogen) atoms. The van der Waals surface area contributed by atoms with Crippen molar-refractivity contribution in [2.75, 3.05) is 19.5 Å². The van der Waals surface area contributed by atoms with Crippen LogP contribution in [-0.4, -0.2) is 37.0 Å². The SMILES string of the molecule is COC(=O)Nc1ccc2c(c1)C(=O)N(C)C2=O. The lowest BCUT2D eigenvalue weighted by Gasteiger charge is -2.04. The average Bonchev–Trinajstić information content (AvgIpc) is 2.54. The molecule has 1 heterocycles. The highest BCUT2D eigenvalue weighted by Crippen LogP contribution is 2.24. The second-order valence-electron chi connectivity index (χ2n) is 3.55. The van der Waals surface area contributed by atoms with E-state index < -0.39 is 6.09 Å². The third-order valence-corrected chi connectivity index (χ3v) is 2.52. The first-order chi connectivity index (χ1) is 8.04. The summed E-state index contributed by atoms with van der Waals surface area (Å²) in [6.07, 6.45) is -0.630. The van der Waals surface area contributed by atoms with Gasteiger partial charge in [-0.15, -0.1) is 0 Å². The lowest BCUT2D eigenvalue weighted by molar-refractivity contribution is 0.0693. The fourth-order valence-electron chi connectivity index (χ4n) is 1.61. The van der Waals surface area contributed by atoms with E-state index >= 15 is 0 Å². The summed E-state index contributed by atoms with van der Waals surface area (Å²) in [6.45, 7) is 0. The lowest BCUT2D eigenvalue weighted by Crippen LogP contribution is -2.24. The van der Waals surface area contributed by atoms with Crippen molar-refractivity contribution in [1.82, 2.24) is 4.90 Å². The van der Waals surface area contributed by atoms with Gasteiger partial charge in [-0.25, -0.2) is 4.79 Å². The van der Waals surface area contributed by atoms with Crippen LogP contribution in [0.4, 0.5) is 10.5 Å². The molecule has 0 fully saturated rings. The fraction of sp³-hybridized carbons (Fsp3) is 0.182. The molecular weight excluding hydrogens is 224 g/mol. The summed E-state index contributed by atoms with van der Waals surface area (Å²) in [6, 6.07) is 4.50. The van der Waals surface area contributed by atoms with Crippen molar-refractivity contribution in [3.63, 3.8) is 0 Å². The van der Waals surface area contributed by atoms with E-state index in [-0.39, 0.29) is 17.4 Å².